The SMILES string of the molecule is C=C/C(=C\C=NC)c1ccccc1OC1CCN(Cc2cnn(C)c2)CC1. The number of rotatable bonds is 7. The number of nitrogens with zero attached hydrogens (tertiary/aromatic N) is 4. The molecule has 2 heterocycles. The van der Waals surface area contributed by atoms with E-state index in [2.05, 4.69) is 33.8 Å². The molecular weight excluding hydrogens is 336 g/mol. The molecule has 0 aliphatic carbocycles. The standard InChI is InChI=1S/C22H28N4O/c1-4-19(9-12-23-2)21-7-5-6-8-22(21)27-20-10-13-26(14-11-20)17-18-15-24-25(3)16-18/h4-9,12,15-16,20H,1,10-11,13-14,17H2,2-3H3/b19-9+,23-12?. The number of aryl methyl sites for hydroxylation is 1. The molecule has 0 bridgehead atoms. The second-order valence-corrected chi connectivity index (χ2v) is 6.85. The number of aromatic nitrogens is 2. The highest BCUT2D eigenvalue weighted by Crippen LogP contribution is 2.29. The maximum Gasteiger partial charge on any atom is 0.127 e. The van der Waals surface area contributed by atoms with Gasteiger partial charge < -0.3 is 4.74 Å². The van der Waals surface area contributed by atoms with Crippen molar-refractivity contribution in [1.82, 2.24) is 14.7 Å². The molecule has 0 unspecified atom stereocenters. The van der Waals surface area contributed by atoms with Gasteiger partial charge in [-0.05, 0) is 30.6 Å². The first-order chi connectivity index (χ1) is 13.2. The van der Waals surface area contributed by atoms with Crippen LogP contribution < -0.4 is 4.74 Å². The van der Waals surface area contributed by atoms with Crippen molar-refractivity contribution in [3.63, 3.8) is 0 Å². The van der Waals surface area contributed by atoms with E-state index >= 15 is 0 Å². The van der Waals surface area contributed by atoms with Crippen molar-refractivity contribution in [3.8, 4) is 5.75 Å². The molecule has 142 valence electrons. The second kappa shape index (κ2) is 9.33. The summed E-state index contributed by atoms with van der Waals surface area (Å²) in [5, 5.41) is 4.25. The molecule has 1 fully saturated rings. The quantitative estimate of drug-likeness (QED) is 0.555. The van der Waals surface area contributed by atoms with Crippen LogP contribution in [0.3, 0.4) is 0 Å². The maximum atomic E-state index is 6.38. The molecule has 0 radical (unpaired) electrons. The van der Waals surface area contributed by atoms with Crippen molar-refractivity contribution in [2.24, 2.45) is 12.0 Å². The van der Waals surface area contributed by atoms with Gasteiger partial charge in [0.1, 0.15) is 11.9 Å². The van der Waals surface area contributed by atoms with Crippen molar-refractivity contribution in [1.29, 1.82) is 0 Å². The molecule has 0 N–H and O–H groups in total. The van der Waals surface area contributed by atoms with Crippen LogP contribution in [0, 0.1) is 0 Å². The Morgan fingerprint density at radius 1 is 1.33 bits per heavy atom. The first-order valence-corrected chi connectivity index (χ1v) is 9.40. The van der Waals surface area contributed by atoms with Crippen LogP contribution in [-0.2, 0) is 13.6 Å². The van der Waals surface area contributed by atoms with Gasteiger partial charge in [-0.3, -0.25) is 14.6 Å². The summed E-state index contributed by atoms with van der Waals surface area (Å²) in [7, 11) is 3.72. The molecule has 0 saturated carbocycles. The van der Waals surface area contributed by atoms with Gasteiger partial charge in [0.15, 0.2) is 0 Å². The molecule has 2 aromatic rings. The van der Waals surface area contributed by atoms with E-state index in [0.29, 0.717) is 0 Å². The summed E-state index contributed by atoms with van der Waals surface area (Å²) in [6.45, 7) is 6.96. The van der Waals surface area contributed by atoms with E-state index < -0.39 is 0 Å². The monoisotopic (exact) mass is 364 g/mol. The first kappa shape index (κ1) is 19.1. The number of hydrogen-bond donors (Lipinski definition) is 0. The molecular formula is C22H28N4O. The highest BCUT2D eigenvalue weighted by molar-refractivity contribution is 5.89. The molecule has 1 aromatic carbocycles. The zero-order chi connectivity index (χ0) is 19.1. The van der Waals surface area contributed by atoms with Crippen LogP contribution in [0.4, 0.5) is 0 Å². The van der Waals surface area contributed by atoms with Gasteiger partial charge >= 0.3 is 0 Å². The first-order valence-electron chi connectivity index (χ1n) is 9.40. The summed E-state index contributed by atoms with van der Waals surface area (Å²) in [4.78, 5) is 6.50. The van der Waals surface area contributed by atoms with Gasteiger partial charge in [-0.25, -0.2) is 0 Å². The Morgan fingerprint density at radius 2 is 2.11 bits per heavy atom. The fraction of sp³-hybridized carbons (Fsp3) is 0.364. The number of ether oxygens (including phenoxy) is 1. The molecule has 0 spiro atoms. The van der Waals surface area contributed by atoms with Gasteiger partial charge in [0, 0.05) is 57.3 Å². The average molecular weight is 364 g/mol. The lowest BCUT2D eigenvalue weighted by Gasteiger charge is -2.32. The molecule has 1 aliphatic heterocycles. The van der Waals surface area contributed by atoms with Gasteiger partial charge in [0.25, 0.3) is 0 Å². The lowest BCUT2D eigenvalue weighted by molar-refractivity contribution is 0.0966. The summed E-state index contributed by atoms with van der Waals surface area (Å²) < 4.78 is 8.23. The molecule has 3 rings (SSSR count). The summed E-state index contributed by atoms with van der Waals surface area (Å²) in [6, 6.07) is 8.16. The minimum atomic E-state index is 0.238. The van der Waals surface area contributed by atoms with E-state index in [1.54, 1.807) is 13.3 Å². The maximum absolute atomic E-state index is 6.38. The Morgan fingerprint density at radius 3 is 2.78 bits per heavy atom. The number of aliphatic imine (C=N–C) groups is 1. The Hall–Kier alpha value is -2.66. The minimum Gasteiger partial charge on any atom is -0.490 e. The van der Waals surface area contributed by atoms with E-state index in [1.807, 2.05) is 48.3 Å². The summed E-state index contributed by atoms with van der Waals surface area (Å²) in [5.74, 6) is 0.916. The third-order valence-electron chi connectivity index (χ3n) is 4.81. The zero-order valence-electron chi connectivity index (χ0n) is 16.2. The van der Waals surface area contributed by atoms with Crippen LogP contribution >= 0.6 is 0 Å². The van der Waals surface area contributed by atoms with E-state index in [1.165, 1.54) is 5.56 Å². The number of likely N-dealkylation sites (tertiary alicyclic amines) is 1. The number of benzene rings is 1. The third kappa shape index (κ3) is 5.17. The summed E-state index contributed by atoms with van der Waals surface area (Å²) in [6.07, 6.45) is 11.9. The minimum absolute atomic E-state index is 0.238. The Labute approximate surface area is 161 Å². The summed E-state index contributed by atoms with van der Waals surface area (Å²) in [5.41, 5.74) is 3.34. The van der Waals surface area contributed by atoms with E-state index in [4.69, 9.17) is 4.74 Å². The Balaban J connectivity index is 1.61. The molecule has 5 nitrogen and oxygen atoms in total. The molecule has 1 aromatic heterocycles. The highest BCUT2D eigenvalue weighted by Gasteiger charge is 2.22. The smallest absolute Gasteiger partial charge is 0.127 e. The molecule has 1 aliphatic rings. The van der Waals surface area contributed by atoms with E-state index in [0.717, 1.165) is 49.4 Å². The molecule has 1 saturated heterocycles. The van der Waals surface area contributed by atoms with Crippen molar-refractivity contribution < 1.29 is 4.74 Å². The van der Waals surface area contributed by atoms with Crippen molar-refractivity contribution in [2.75, 3.05) is 20.1 Å². The topological polar surface area (TPSA) is 42.6 Å². The molecule has 5 heteroatoms. The molecule has 0 atom stereocenters. The van der Waals surface area contributed by atoms with Crippen LogP contribution in [-0.4, -0.2) is 47.1 Å². The number of hydrogen-bond acceptors (Lipinski definition) is 4. The third-order valence-corrected chi connectivity index (χ3v) is 4.81. The average Bonchev–Trinajstić information content (AvgIpc) is 3.10. The van der Waals surface area contributed by atoms with Crippen LogP contribution in [0.2, 0.25) is 0 Å². The molecule has 27 heavy (non-hydrogen) atoms. The second-order valence-electron chi connectivity index (χ2n) is 6.85. The van der Waals surface area contributed by atoms with Crippen LogP contribution in [0.5, 0.6) is 5.75 Å². The van der Waals surface area contributed by atoms with Crippen molar-refractivity contribution in [2.45, 2.75) is 25.5 Å². The van der Waals surface area contributed by atoms with Gasteiger partial charge in [0.2, 0.25) is 0 Å². The van der Waals surface area contributed by atoms with Gasteiger partial charge in [-0.15, -0.1) is 0 Å². The van der Waals surface area contributed by atoms with Gasteiger partial charge in [0.05, 0.1) is 6.20 Å². The van der Waals surface area contributed by atoms with E-state index in [-0.39, 0.29) is 6.10 Å². The lowest BCUT2D eigenvalue weighted by atomic mass is 10.0. The largest absolute Gasteiger partial charge is 0.490 e. The number of allylic oxidation sites excluding steroid dienone is 3. The Bertz CT molecular complexity index is 813. The van der Waals surface area contributed by atoms with Crippen LogP contribution in [0.25, 0.3) is 5.57 Å². The summed E-state index contributed by atoms with van der Waals surface area (Å²) >= 11 is 0. The van der Waals surface area contributed by atoms with Gasteiger partial charge in [-0.1, -0.05) is 30.9 Å². The van der Waals surface area contributed by atoms with Crippen LogP contribution in [0.1, 0.15) is 24.0 Å². The fourth-order valence-corrected chi connectivity index (χ4v) is 3.41. The lowest BCUT2D eigenvalue weighted by Crippen LogP contribution is -2.37. The normalized spacial score (nSPS) is 16.7. The van der Waals surface area contributed by atoms with Crippen LogP contribution in [0.15, 0.2) is 60.4 Å². The number of para-hydroxylation sites is 1. The molecule has 0 amide bonds. The van der Waals surface area contributed by atoms with Crippen molar-refractivity contribution in [3.05, 3.63) is 66.5 Å². The Kier molecular flexibility index (Phi) is 6.60. The highest BCUT2D eigenvalue weighted by atomic mass is 16.5. The fourth-order valence-electron chi connectivity index (χ4n) is 3.41. The zero-order valence-corrected chi connectivity index (χ0v) is 16.2. The van der Waals surface area contributed by atoms with Crippen molar-refractivity contribution >= 4 is 11.8 Å². The predicted octanol–water partition coefficient (Wildman–Crippen LogP) is 3.73. The van der Waals surface area contributed by atoms with E-state index in [9.17, 15) is 0 Å². The predicted molar refractivity (Wildman–Crippen MR) is 111 cm³/mol. The van der Waals surface area contributed by atoms with Gasteiger partial charge in [-0.2, -0.15) is 5.10 Å². The number of piperidine rings is 1.